The summed E-state index contributed by atoms with van der Waals surface area (Å²) in [7, 11) is -4.82. The Hall–Kier alpha value is -2.36. The average molecular weight is 417 g/mol. The number of nitrogen functional groups attached to an aromatic ring is 1. The third kappa shape index (κ3) is 5.17. The fraction of sp³-hybridized carbons (Fsp3) is 0.350. The smallest absolute Gasteiger partial charge is 0.460 e. The SMILES string of the molecule is CC(C)(C)OC(=O)Cc1cc(N)ccc1S(=O)(=O)Cc1ccc2c(c1)B(O)OC2. The third-order valence-corrected chi connectivity index (χ3v) is 6.19. The topological polar surface area (TPSA) is 116 Å². The summed E-state index contributed by atoms with van der Waals surface area (Å²) >= 11 is 0. The number of esters is 1. The molecule has 7 nitrogen and oxygen atoms in total. The molecule has 1 aliphatic heterocycles. The van der Waals surface area contributed by atoms with Crippen molar-refractivity contribution in [2.45, 2.75) is 50.0 Å². The number of ether oxygens (including phenoxy) is 1. The van der Waals surface area contributed by atoms with Crippen LogP contribution in [0.5, 0.6) is 0 Å². The van der Waals surface area contributed by atoms with Crippen LogP contribution in [0.4, 0.5) is 5.69 Å². The van der Waals surface area contributed by atoms with Gasteiger partial charge in [-0.05, 0) is 61.1 Å². The Morgan fingerprint density at radius 3 is 2.66 bits per heavy atom. The molecule has 2 aromatic rings. The van der Waals surface area contributed by atoms with E-state index in [1.165, 1.54) is 18.2 Å². The number of carbonyl (C=O) groups excluding carboxylic acids is 1. The second-order valence-corrected chi connectivity index (χ2v) is 10.0. The lowest BCUT2D eigenvalue weighted by molar-refractivity contribution is -0.153. The molecule has 154 valence electrons. The Bertz CT molecular complexity index is 1050. The van der Waals surface area contributed by atoms with Crippen LogP contribution in [0.3, 0.4) is 0 Å². The molecule has 1 aliphatic rings. The summed E-state index contributed by atoms with van der Waals surface area (Å²) < 4.78 is 36.7. The Balaban J connectivity index is 1.89. The molecule has 0 spiro atoms. The first kappa shape index (κ1) is 21.4. The van der Waals surface area contributed by atoms with E-state index in [-0.39, 0.29) is 17.1 Å². The summed E-state index contributed by atoms with van der Waals surface area (Å²) in [5.41, 5.74) is 7.72. The molecule has 0 aromatic heterocycles. The molecule has 0 radical (unpaired) electrons. The molecular weight excluding hydrogens is 393 g/mol. The minimum Gasteiger partial charge on any atom is -0.460 e. The molecule has 0 atom stereocenters. The first-order chi connectivity index (χ1) is 13.4. The molecule has 0 unspecified atom stereocenters. The summed E-state index contributed by atoms with van der Waals surface area (Å²) in [5, 5.41) is 9.85. The first-order valence-corrected chi connectivity index (χ1v) is 10.8. The quantitative estimate of drug-likeness (QED) is 0.429. The van der Waals surface area contributed by atoms with E-state index in [4.69, 9.17) is 15.1 Å². The van der Waals surface area contributed by atoms with Crippen molar-refractivity contribution in [3.63, 3.8) is 0 Å². The van der Waals surface area contributed by atoms with Crippen molar-refractivity contribution in [2.75, 3.05) is 5.73 Å². The molecule has 3 N–H and O–H groups in total. The summed E-state index contributed by atoms with van der Waals surface area (Å²) in [5.74, 6) is -0.810. The van der Waals surface area contributed by atoms with Crippen LogP contribution in [0.2, 0.25) is 0 Å². The van der Waals surface area contributed by atoms with Gasteiger partial charge in [0, 0.05) is 5.69 Å². The molecule has 9 heteroatoms. The van der Waals surface area contributed by atoms with Crippen molar-refractivity contribution in [3.8, 4) is 0 Å². The van der Waals surface area contributed by atoms with Gasteiger partial charge in [0.1, 0.15) is 5.60 Å². The summed E-state index contributed by atoms with van der Waals surface area (Å²) in [6.45, 7) is 5.53. The lowest BCUT2D eigenvalue weighted by atomic mass is 9.79. The van der Waals surface area contributed by atoms with Gasteiger partial charge in [0.25, 0.3) is 0 Å². The Kier molecular flexibility index (Phi) is 5.75. The molecule has 0 amide bonds. The fourth-order valence-electron chi connectivity index (χ4n) is 3.23. The van der Waals surface area contributed by atoms with Crippen LogP contribution in [0.1, 0.15) is 37.5 Å². The zero-order valence-electron chi connectivity index (χ0n) is 16.6. The van der Waals surface area contributed by atoms with E-state index in [0.717, 1.165) is 5.56 Å². The number of fused-ring (bicyclic) bond motifs is 1. The number of hydrogen-bond acceptors (Lipinski definition) is 7. The van der Waals surface area contributed by atoms with E-state index in [2.05, 4.69) is 0 Å². The summed E-state index contributed by atoms with van der Waals surface area (Å²) in [6, 6.07) is 9.47. The van der Waals surface area contributed by atoms with Gasteiger partial charge in [-0.3, -0.25) is 4.79 Å². The predicted octanol–water partition coefficient (Wildman–Crippen LogP) is 1.34. The van der Waals surface area contributed by atoms with E-state index >= 15 is 0 Å². The van der Waals surface area contributed by atoms with Crippen LogP contribution in [0, 0.1) is 0 Å². The molecule has 29 heavy (non-hydrogen) atoms. The number of anilines is 1. The largest absolute Gasteiger partial charge is 0.491 e. The zero-order valence-corrected chi connectivity index (χ0v) is 17.5. The third-order valence-electron chi connectivity index (χ3n) is 4.40. The summed E-state index contributed by atoms with van der Waals surface area (Å²) in [6.07, 6.45) is -0.201. The highest BCUT2D eigenvalue weighted by atomic mass is 32.2. The van der Waals surface area contributed by atoms with E-state index in [9.17, 15) is 18.2 Å². The van der Waals surface area contributed by atoms with Crippen LogP contribution in [0.25, 0.3) is 0 Å². The van der Waals surface area contributed by atoms with Gasteiger partial charge in [-0.2, -0.15) is 0 Å². The average Bonchev–Trinajstić information content (AvgIpc) is 2.93. The van der Waals surface area contributed by atoms with Crippen molar-refractivity contribution in [1.29, 1.82) is 0 Å². The Morgan fingerprint density at radius 2 is 1.97 bits per heavy atom. The van der Waals surface area contributed by atoms with E-state index in [1.54, 1.807) is 39.0 Å². The maximum atomic E-state index is 13.1. The monoisotopic (exact) mass is 417 g/mol. The van der Waals surface area contributed by atoms with Crippen molar-refractivity contribution < 1.29 is 27.6 Å². The van der Waals surface area contributed by atoms with Gasteiger partial charge >= 0.3 is 13.1 Å². The molecule has 1 heterocycles. The number of nitrogens with two attached hydrogens (primary N) is 1. The van der Waals surface area contributed by atoms with Crippen molar-refractivity contribution in [1.82, 2.24) is 0 Å². The minimum absolute atomic E-state index is 0.0369. The number of carbonyl (C=O) groups is 1. The Labute approximate surface area is 170 Å². The molecule has 0 aliphatic carbocycles. The second kappa shape index (κ2) is 7.81. The van der Waals surface area contributed by atoms with Crippen molar-refractivity contribution in [3.05, 3.63) is 53.1 Å². The van der Waals surface area contributed by atoms with Crippen LogP contribution >= 0.6 is 0 Å². The van der Waals surface area contributed by atoms with Gasteiger partial charge in [0.05, 0.1) is 23.7 Å². The number of benzene rings is 2. The minimum atomic E-state index is -3.77. The maximum absolute atomic E-state index is 13.1. The number of sulfone groups is 1. The maximum Gasteiger partial charge on any atom is 0.491 e. The predicted molar refractivity (Wildman–Crippen MR) is 110 cm³/mol. The molecular formula is C20H24BNO6S. The second-order valence-electron chi connectivity index (χ2n) is 8.09. The molecule has 0 saturated carbocycles. The highest BCUT2D eigenvalue weighted by Crippen LogP contribution is 2.25. The lowest BCUT2D eigenvalue weighted by Gasteiger charge is -2.20. The van der Waals surface area contributed by atoms with Crippen LogP contribution in [0.15, 0.2) is 41.3 Å². The van der Waals surface area contributed by atoms with Crippen molar-refractivity contribution >= 4 is 34.1 Å². The van der Waals surface area contributed by atoms with Gasteiger partial charge in [-0.15, -0.1) is 0 Å². The van der Waals surface area contributed by atoms with Gasteiger partial charge in [-0.25, -0.2) is 8.42 Å². The highest BCUT2D eigenvalue weighted by molar-refractivity contribution is 7.90. The standard InChI is InChI=1S/C20H24BNO6S/c1-20(2,3)28-19(23)10-15-9-16(22)6-7-18(15)29(25,26)12-13-4-5-14-11-27-21(24)17(14)8-13/h4-9,24H,10-12,22H2,1-3H3. The molecule has 0 bridgehead atoms. The molecule has 0 fully saturated rings. The van der Waals surface area contributed by atoms with Gasteiger partial charge in [0.2, 0.25) is 0 Å². The molecule has 3 rings (SSSR count). The van der Waals surface area contributed by atoms with Gasteiger partial charge in [-0.1, -0.05) is 18.2 Å². The fourth-order valence-corrected chi connectivity index (χ4v) is 4.81. The zero-order chi connectivity index (χ0) is 21.4. The normalized spacial score (nSPS) is 14.0. The lowest BCUT2D eigenvalue weighted by Crippen LogP contribution is -2.28. The van der Waals surface area contributed by atoms with E-state index < -0.39 is 28.5 Å². The highest BCUT2D eigenvalue weighted by Gasteiger charge is 2.29. The van der Waals surface area contributed by atoms with Crippen LogP contribution in [-0.2, 0) is 42.8 Å². The number of rotatable bonds is 5. The van der Waals surface area contributed by atoms with Gasteiger partial charge < -0.3 is 20.1 Å². The van der Waals surface area contributed by atoms with Crippen LogP contribution in [-0.4, -0.2) is 32.1 Å². The molecule has 2 aromatic carbocycles. The van der Waals surface area contributed by atoms with Gasteiger partial charge in [0.15, 0.2) is 9.84 Å². The molecule has 0 saturated heterocycles. The van der Waals surface area contributed by atoms with E-state index in [1.807, 2.05) is 0 Å². The summed E-state index contributed by atoms with van der Waals surface area (Å²) in [4.78, 5) is 12.3. The van der Waals surface area contributed by atoms with Crippen LogP contribution < -0.4 is 11.2 Å². The van der Waals surface area contributed by atoms with Crippen molar-refractivity contribution in [2.24, 2.45) is 0 Å². The Morgan fingerprint density at radius 1 is 1.24 bits per heavy atom. The first-order valence-electron chi connectivity index (χ1n) is 9.19. The number of hydrogen-bond donors (Lipinski definition) is 2. The van der Waals surface area contributed by atoms with E-state index in [0.29, 0.717) is 28.9 Å².